The maximum atomic E-state index is 4.18. The number of likely N-dealkylation sites (tertiary alicyclic amines) is 1. The number of hydrogen-bond donors (Lipinski definition) is 0. The number of piperidine rings is 1. The van der Waals surface area contributed by atoms with Crippen molar-refractivity contribution in [3.8, 4) is 0 Å². The Morgan fingerprint density at radius 3 is 2.89 bits per heavy atom. The predicted octanol–water partition coefficient (Wildman–Crippen LogP) is 2.57. The molecule has 1 aromatic heterocycles. The topological polar surface area (TPSA) is 34.0 Å². The van der Waals surface area contributed by atoms with Crippen LogP contribution in [-0.4, -0.2) is 38.8 Å². The van der Waals surface area contributed by atoms with Crippen molar-refractivity contribution in [2.45, 2.75) is 58.5 Å². The molecule has 0 bridgehead atoms. The highest BCUT2D eigenvalue weighted by Crippen LogP contribution is 2.22. The molecule has 0 N–H and O–H groups in total. The second-order valence-electron chi connectivity index (χ2n) is 5.82. The average Bonchev–Trinajstić information content (AvgIpc) is 2.88. The van der Waals surface area contributed by atoms with Gasteiger partial charge in [-0.3, -0.25) is 9.58 Å². The zero-order chi connectivity index (χ0) is 12.8. The van der Waals surface area contributed by atoms with Gasteiger partial charge in [-0.1, -0.05) is 20.3 Å². The highest BCUT2D eigenvalue weighted by Gasteiger charge is 2.21. The van der Waals surface area contributed by atoms with Crippen LogP contribution in [0.5, 0.6) is 0 Å². The first kappa shape index (κ1) is 13.5. The molecule has 4 heteroatoms. The Kier molecular flexibility index (Phi) is 5.17. The van der Waals surface area contributed by atoms with E-state index in [1.807, 2.05) is 11.0 Å². The van der Waals surface area contributed by atoms with E-state index in [9.17, 15) is 0 Å². The summed E-state index contributed by atoms with van der Waals surface area (Å²) in [5.41, 5.74) is 0. The quantitative estimate of drug-likeness (QED) is 0.778. The summed E-state index contributed by atoms with van der Waals surface area (Å²) in [5, 5.41) is 4.18. The van der Waals surface area contributed by atoms with Crippen LogP contribution in [0.2, 0.25) is 0 Å². The molecule has 1 saturated heterocycles. The van der Waals surface area contributed by atoms with Crippen molar-refractivity contribution in [3.63, 3.8) is 0 Å². The third-order valence-corrected chi connectivity index (χ3v) is 3.91. The fourth-order valence-corrected chi connectivity index (χ4v) is 2.79. The van der Waals surface area contributed by atoms with Gasteiger partial charge >= 0.3 is 0 Å². The summed E-state index contributed by atoms with van der Waals surface area (Å²) in [6.45, 7) is 7.99. The van der Waals surface area contributed by atoms with Gasteiger partial charge in [0.1, 0.15) is 12.7 Å². The van der Waals surface area contributed by atoms with Gasteiger partial charge in [-0.15, -0.1) is 0 Å². The molecule has 2 heterocycles. The molecule has 2 rings (SSSR count). The fourth-order valence-electron chi connectivity index (χ4n) is 2.79. The van der Waals surface area contributed by atoms with Crippen LogP contribution < -0.4 is 0 Å². The lowest BCUT2D eigenvalue weighted by atomic mass is 9.95. The number of rotatable bonds is 6. The Labute approximate surface area is 110 Å². The van der Waals surface area contributed by atoms with E-state index >= 15 is 0 Å². The van der Waals surface area contributed by atoms with E-state index in [-0.39, 0.29) is 0 Å². The fraction of sp³-hybridized carbons (Fsp3) is 0.857. The molecule has 0 aromatic carbocycles. The molecule has 1 aromatic rings. The minimum Gasteiger partial charge on any atom is -0.299 e. The first-order valence-electron chi connectivity index (χ1n) is 7.32. The van der Waals surface area contributed by atoms with Gasteiger partial charge in [0, 0.05) is 12.6 Å². The van der Waals surface area contributed by atoms with E-state index in [0.717, 1.165) is 25.0 Å². The van der Waals surface area contributed by atoms with Gasteiger partial charge in [0.2, 0.25) is 0 Å². The zero-order valence-corrected chi connectivity index (χ0v) is 11.8. The smallest absolute Gasteiger partial charge is 0.137 e. The molecular weight excluding hydrogens is 224 g/mol. The molecule has 0 unspecified atom stereocenters. The highest BCUT2D eigenvalue weighted by atomic mass is 15.3. The van der Waals surface area contributed by atoms with E-state index in [1.165, 1.54) is 38.6 Å². The van der Waals surface area contributed by atoms with Crippen molar-refractivity contribution in [3.05, 3.63) is 12.7 Å². The van der Waals surface area contributed by atoms with Crippen LogP contribution in [0.4, 0.5) is 0 Å². The largest absolute Gasteiger partial charge is 0.299 e. The summed E-state index contributed by atoms with van der Waals surface area (Å²) >= 11 is 0. The maximum Gasteiger partial charge on any atom is 0.137 e. The minimum atomic E-state index is 0.796. The van der Waals surface area contributed by atoms with Crippen molar-refractivity contribution >= 4 is 0 Å². The van der Waals surface area contributed by atoms with Crippen LogP contribution in [0, 0.1) is 5.92 Å². The van der Waals surface area contributed by atoms with Crippen LogP contribution in [0.25, 0.3) is 0 Å². The third kappa shape index (κ3) is 4.09. The summed E-state index contributed by atoms with van der Waals surface area (Å²) in [6.07, 6.45) is 10.3. The molecule has 18 heavy (non-hydrogen) atoms. The van der Waals surface area contributed by atoms with Crippen LogP contribution >= 0.6 is 0 Å². The third-order valence-electron chi connectivity index (χ3n) is 3.91. The van der Waals surface area contributed by atoms with Crippen molar-refractivity contribution < 1.29 is 0 Å². The molecule has 1 aliphatic heterocycles. The summed E-state index contributed by atoms with van der Waals surface area (Å²) in [6, 6.07) is 0.796. The molecule has 4 nitrogen and oxygen atoms in total. The van der Waals surface area contributed by atoms with Gasteiger partial charge in [0.15, 0.2) is 0 Å². The lowest BCUT2D eigenvalue weighted by Crippen LogP contribution is -2.41. The van der Waals surface area contributed by atoms with Crippen LogP contribution in [-0.2, 0) is 6.54 Å². The van der Waals surface area contributed by atoms with Crippen LogP contribution in [0.15, 0.2) is 12.7 Å². The Morgan fingerprint density at radius 1 is 1.28 bits per heavy atom. The van der Waals surface area contributed by atoms with E-state index < -0.39 is 0 Å². The minimum absolute atomic E-state index is 0.796. The second kappa shape index (κ2) is 6.88. The van der Waals surface area contributed by atoms with Gasteiger partial charge in [0.05, 0.1) is 6.54 Å². The first-order chi connectivity index (χ1) is 8.75. The molecule has 0 radical (unpaired) electrons. The van der Waals surface area contributed by atoms with E-state index in [0.29, 0.717) is 0 Å². The van der Waals surface area contributed by atoms with Crippen molar-refractivity contribution in [1.82, 2.24) is 19.7 Å². The normalized spacial score (nSPS) is 21.6. The molecule has 0 amide bonds. The average molecular weight is 250 g/mol. The van der Waals surface area contributed by atoms with Crippen molar-refractivity contribution in [1.29, 1.82) is 0 Å². The monoisotopic (exact) mass is 250 g/mol. The maximum absolute atomic E-state index is 4.18. The molecule has 1 atom stereocenters. The molecule has 102 valence electrons. The van der Waals surface area contributed by atoms with Gasteiger partial charge in [-0.25, -0.2) is 4.98 Å². The molecule has 1 aliphatic rings. The molecule has 1 fully saturated rings. The van der Waals surface area contributed by atoms with Gasteiger partial charge in [-0.2, -0.15) is 5.10 Å². The van der Waals surface area contributed by atoms with Crippen LogP contribution in [0.3, 0.4) is 0 Å². The lowest BCUT2D eigenvalue weighted by Gasteiger charge is -2.36. The van der Waals surface area contributed by atoms with Crippen molar-refractivity contribution in [2.24, 2.45) is 5.92 Å². The highest BCUT2D eigenvalue weighted by molar-refractivity contribution is 4.77. The summed E-state index contributed by atoms with van der Waals surface area (Å²) in [4.78, 5) is 6.66. The Morgan fingerprint density at radius 2 is 2.17 bits per heavy atom. The number of hydrogen-bond acceptors (Lipinski definition) is 3. The molecule has 0 saturated carbocycles. The van der Waals surface area contributed by atoms with E-state index in [4.69, 9.17) is 0 Å². The van der Waals surface area contributed by atoms with Crippen LogP contribution in [0.1, 0.15) is 46.0 Å². The molecule has 0 aliphatic carbocycles. The Balaban J connectivity index is 1.79. The van der Waals surface area contributed by atoms with Gasteiger partial charge in [-0.05, 0) is 38.1 Å². The second-order valence-corrected chi connectivity index (χ2v) is 5.82. The standard InChI is InChI=1S/C14H26N4/c1-13(2)6-7-14-5-3-4-8-17(14)9-10-18-12-15-11-16-18/h11-14H,3-10H2,1-2H3/t14-/m0/s1. The SMILES string of the molecule is CC(C)CC[C@@H]1CCCCN1CCn1cncn1. The van der Waals surface area contributed by atoms with Crippen molar-refractivity contribution in [2.75, 3.05) is 13.1 Å². The zero-order valence-electron chi connectivity index (χ0n) is 11.8. The summed E-state index contributed by atoms with van der Waals surface area (Å²) < 4.78 is 1.94. The summed E-state index contributed by atoms with van der Waals surface area (Å²) in [7, 11) is 0. The lowest BCUT2D eigenvalue weighted by molar-refractivity contribution is 0.128. The predicted molar refractivity (Wildman–Crippen MR) is 73.3 cm³/mol. The number of nitrogens with zero attached hydrogens (tertiary/aromatic N) is 4. The first-order valence-corrected chi connectivity index (χ1v) is 7.32. The summed E-state index contributed by atoms with van der Waals surface area (Å²) in [5.74, 6) is 0.823. The van der Waals surface area contributed by atoms with Gasteiger partial charge < -0.3 is 0 Å². The van der Waals surface area contributed by atoms with E-state index in [2.05, 4.69) is 28.8 Å². The van der Waals surface area contributed by atoms with Gasteiger partial charge in [0.25, 0.3) is 0 Å². The Bertz CT molecular complexity index is 321. The Hall–Kier alpha value is -0.900. The van der Waals surface area contributed by atoms with E-state index in [1.54, 1.807) is 6.33 Å². The molecule has 0 spiro atoms. The number of aromatic nitrogens is 3. The molecular formula is C14H26N4.